The van der Waals surface area contributed by atoms with Gasteiger partial charge in [0, 0.05) is 40.7 Å². The van der Waals surface area contributed by atoms with E-state index in [4.69, 9.17) is 16.3 Å². The van der Waals surface area contributed by atoms with E-state index in [1.807, 2.05) is 43.5 Å². The molecule has 2 N–H and O–H groups in total. The van der Waals surface area contributed by atoms with Crippen LogP contribution in [0.3, 0.4) is 0 Å². The first-order valence-corrected chi connectivity index (χ1v) is 9.75. The van der Waals surface area contributed by atoms with Gasteiger partial charge in [0.05, 0.1) is 17.1 Å². The molecule has 4 rings (SSSR count). The molecule has 0 aliphatic heterocycles. The summed E-state index contributed by atoms with van der Waals surface area (Å²) in [7, 11) is 0. The number of aryl methyl sites for hydroxylation is 1. The van der Waals surface area contributed by atoms with Gasteiger partial charge in [0.2, 0.25) is 0 Å². The van der Waals surface area contributed by atoms with E-state index < -0.39 is 0 Å². The smallest absolute Gasteiger partial charge is 0.119 e. The molecule has 0 spiro atoms. The highest BCUT2D eigenvalue weighted by atomic mass is 35.5. The average Bonchev–Trinajstić information content (AvgIpc) is 3.20. The number of nitriles is 1. The summed E-state index contributed by atoms with van der Waals surface area (Å²) in [4.78, 5) is 7.47. The summed E-state index contributed by atoms with van der Waals surface area (Å²) in [5, 5.41) is 14.2. The Balaban J connectivity index is 1.74. The third-order valence-electron chi connectivity index (χ3n) is 4.74. The van der Waals surface area contributed by atoms with Crippen molar-refractivity contribution in [3.8, 4) is 22.9 Å². The SMILES string of the molecule is Cc1cc2[nH]ccc2cc1Nc1c(C#N)cncc1-c1ccc(OCCCl)cc1. The molecule has 2 aromatic heterocycles. The zero-order chi connectivity index (χ0) is 20.2. The fourth-order valence-electron chi connectivity index (χ4n) is 3.26. The van der Waals surface area contributed by atoms with E-state index in [9.17, 15) is 5.26 Å². The molecule has 0 atom stereocenters. The number of H-pyrrole nitrogens is 1. The van der Waals surface area contributed by atoms with Crippen molar-refractivity contribution in [1.29, 1.82) is 5.26 Å². The maximum absolute atomic E-state index is 9.65. The van der Waals surface area contributed by atoms with Crippen molar-refractivity contribution in [2.24, 2.45) is 0 Å². The van der Waals surface area contributed by atoms with Crippen molar-refractivity contribution in [1.82, 2.24) is 9.97 Å². The minimum absolute atomic E-state index is 0.439. The molecule has 0 aliphatic carbocycles. The summed E-state index contributed by atoms with van der Waals surface area (Å²) in [6, 6.07) is 16.1. The lowest BCUT2D eigenvalue weighted by Crippen LogP contribution is -2.00. The fraction of sp³-hybridized carbons (Fsp3) is 0.130. The van der Waals surface area contributed by atoms with Crippen LogP contribution in [-0.2, 0) is 0 Å². The molecular formula is C23H19ClN4O. The van der Waals surface area contributed by atoms with Crippen molar-refractivity contribution in [3.05, 3.63) is 72.2 Å². The van der Waals surface area contributed by atoms with Gasteiger partial charge in [-0.3, -0.25) is 4.98 Å². The van der Waals surface area contributed by atoms with Crippen LogP contribution in [0.5, 0.6) is 5.75 Å². The topological polar surface area (TPSA) is 73.7 Å². The predicted molar refractivity (Wildman–Crippen MR) is 117 cm³/mol. The number of rotatable bonds is 6. The van der Waals surface area contributed by atoms with Gasteiger partial charge < -0.3 is 15.0 Å². The number of nitrogens with one attached hydrogen (secondary N) is 2. The monoisotopic (exact) mass is 402 g/mol. The first-order chi connectivity index (χ1) is 14.2. The molecule has 0 radical (unpaired) electrons. The Morgan fingerprint density at radius 2 is 2.00 bits per heavy atom. The molecular weight excluding hydrogens is 384 g/mol. The molecule has 6 heteroatoms. The van der Waals surface area contributed by atoms with Crippen molar-refractivity contribution in [3.63, 3.8) is 0 Å². The average molecular weight is 403 g/mol. The molecule has 0 aliphatic rings. The second kappa shape index (κ2) is 8.26. The summed E-state index contributed by atoms with van der Waals surface area (Å²) in [5.41, 5.74) is 6.11. The molecule has 2 heterocycles. The molecule has 5 nitrogen and oxygen atoms in total. The maximum Gasteiger partial charge on any atom is 0.119 e. The molecule has 0 unspecified atom stereocenters. The van der Waals surface area contributed by atoms with E-state index >= 15 is 0 Å². The van der Waals surface area contributed by atoms with Crippen LogP contribution in [-0.4, -0.2) is 22.5 Å². The molecule has 0 saturated heterocycles. The normalized spacial score (nSPS) is 10.7. The van der Waals surface area contributed by atoms with Crippen molar-refractivity contribution in [2.75, 3.05) is 17.8 Å². The highest BCUT2D eigenvalue weighted by Crippen LogP contribution is 2.35. The van der Waals surface area contributed by atoms with E-state index in [0.29, 0.717) is 18.1 Å². The van der Waals surface area contributed by atoms with Gasteiger partial charge in [-0.05, 0) is 48.4 Å². The lowest BCUT2D eigenvalue weighted by Gasteiger charge is -2.16. The van der Waals surface area contributed by atoms with Gasteiger partial charge in [0.25, 0.3) is 0 Å². The van der Waals surface area contributed by atoms with E-state index in [0.717, 1.165) is 44.7 Å². The number of anilines is 2. The zero-order valence-corrected chi connectivity index (χ0v) is 16.6. The van der Waals surface area contributed by atoms with E-state index in [-0.39, 0.29) is 0 Å². The molecule has 144 valence electrons. The molecule has 0 bridgehead atoms. The maximum atomic E-state index is 9.65. The fourth-order valence-corrected chi connectivity index (χ4v) is 3.34. The first-order valence-electron chi connectivity index (χ1n) is 9.21. The number of benzene rings is 2. The minimum Gasteiger partial charge on any atom is -0.492 e. The highest BCUT2D eigenvalue weighted by molar-refractivity contribution is 6.18. The van der Waals surface area contributed by atoms with E-state index in [2.05, 4.69) is 33.5 Å². The number of aromatic nitrogens is 2. The number of ether oxygens (including phenoxy) is 1. The van der Waals surface area contributed by atoms with Crippen LogP contribution in [0.15, 0.2) is 61.1 Å². The van der Waals surface area contributed by atoms with Crippen LogP contribution in [0, 0.1) is 18.3 Å². The Labute approximate surface area is 173 Å². The van der Waals surface area contributed by atoms with Gasteiger partial charge in [0.15, 0.2) is 0 Å². The third kappa shape index (κ3) is 3.89. The number of alkyl halides is 1. The second-order valence-corrected chi connectivity index (χ2v) is 7.02. The number of nitrogens with zero attached hydrogens (tertiary/aromatic N) is 2. The predicted octanol–water partition coefficient (Wildman–Crippen LogP) is 5.77. The van der Waals surface area contributed by atoms with Gasteiger partial charge in [0.1, 0.15) is 18.4 Å². The quantitative estimate of drug-likeness (QED) is 0.401. The minimum atomic E-state index is 0.439. The Morgan fingerprint density at radius 1 is 1.17 bits per heavy atom. The lowest BCUT2D eigenvalue weighted by molar-refractivity contribution is 0.343. The second-order valence-electron chi connectivity index (χ2n) is 6.64. The van der Waals surface area contributed by atoms with Gasteiger partial charge in [-0.1, -0.05) is 12.1 Å². The van der Waals surface area contributed by atoms with Crippen LogP contribution in [0.2, 0.25) is 0 Å². The summed E-state index contributed by atoms with van der Waals surface area (Å²) in [6.07, 6.45) is 5.26. The van der Waals surface area contributed by atoms with Crippen LogP contribution in [0.25, 0.3) is 22.0 Å². The number of hydrogen-bond acceptors (Lipinski definition) is 4. The third-order valence-corrected chi connectivity index (χ3v) is 4.89. The van der Waals surface area contributed by atoms with Crippen molar-refractivity contribution in [2.45, 2.75) is 6.92 Å². The number of pyridine rings is 1. The van der Waals surface area contributed by atoms with Gasteiger partial charge in [-0.25, -0.2) is 0 Å². The molecule has 2 aromatic carbocycles. The summed E-state index contributed by atoms with van der Waals surface area (Å²) < 4.78 is 5.55. The van der Waals surface area contributed by atoms with E-state index in [1.165, 1.54) is 0 Å². The molecule has 0 fully saturated rings. The number of aromatic amines is 1. The first kappa shape index (κ1) is 18.9. The summed E-state index contributed by atoms with van der Waals surface area (Å²) in [5.74, 6) is 1.19. The number of hydrogen-bond donors (Lipinski definition) is 2. The summed E-state index contributed by atoms with van der Waals surface area (Å²) >= 11 is 5.68. The van der Waals surface area contributed by atoms with Crippen molar-refractivity contribution >= 4 is 33.9 Å². The van der Waals surface area contributed by atoms with Crippen molar-refractivity contribution < 1.29 is 4.74 Å². The Kier molecular flexibility index (Phi) is 5.37. The molecule has 0 saturated carbocycles. The van der Waals surface area contributed by atoms with Gasteiger partial charge in [-0.2, -0.15) is 5.26 Å². The summed E-state index contributed by atoms with van der Waals surface area (Å²) in [6.45, 7) is 2.50. The molecule has 0 amide bonds. The largest absolute Gasteiger partial charge is 0.492 e. The Hall–Kier alpha value is -3.49. The lowest BCUT2D eigenvalue weighted by atomic mass is 10.0. The van der Waals surface area contributed by atoms with Gasteiger partial charge >= 0.3 is 0 Å². The van der Waals surface area contributed by atoms with Crippen LogP contribution in [0.4, 0.5) is 11.4 Å². The van der Waals surface area contributed by atoms with E-state index in [1.54, 1.807) is 12.4 Å². The van der Waals surface area contributed by atoms with Crippen LogP contribution < -0.4 is 10.1 Å². The zero-order valence-electron chi connectivity index (χ0n) is 15.9. The molecule has 4 aromatic rings. The van der Waals surface area contributed by atoms with Gasteiger partial charge in [-0.15, -0.1) is 11.6 Å². The standard InChI is InChI=1S/C23H19ClN4O/c1-15-10-22-17(6-8-27-22)11-21(15)28-23-18(12-25)13-26-14-20(23)16-2-4-19(5-3-16)29-9-7-24/h2-6,8,10-11,13-14,27H,7,9H2,1H3,(H,26,28). The van der Waals surface area contributed by atoms with Crippen LogP contribution >= 0.6 is 11.6 Å². The van der Waals surface area contributed by atoms with Crippen LogP contribution in [0.1, 0.15) is 11.1 Å². The highest BCUT2D eigenvalue weighted by Gasteiger charge is 2.13. The number of fused-ring (bicyclic) bond motifs is 1. The Morgan fingerprint density at radius 3 is 2.76 bits per heavy atom. The number of halogens is 1. The Bertz CT molecular complexity index is 1190. The molecule has 29 heavy (non-hydrogen) atoms.